The number of rotatable bonds is 6. The van der Waals surface area contributed by atoms with Gasteiger partial charge in [-0.05, 0) is 62.1 Å². The zero-order chi connectivity index (χ0) is 23.4. The van der Waals surface area contributed by atoms with Crippen LogP contribution in [0.15, 0.2) is 75.6 Å². The summed E-state index contributed by atoms with van der Waals surface area (Å²) >= 11 is 0. The van der Waals surface area contributed by atoms with Crippen LogP contribution < -0.4 is 5.56 Å². The number of pyridine rings is 1. The number of H-pyrrole nitrogens is 1. The molecule has 5 heteroatoms. The van der Waals surface area contributed by atoms with E-state index < -0.39 is 5.54 Å². The molecule has 4 rings (SSSR count). The Balaban J connectivity index is 1.60. The lowest BCUT2D eigenvalue weighted by Gasteiger charge is -2.45. The van der Waals surface area contributed by atoms with Crippen LogP contribution in [0.4, 0.5) is 0 Å². The number of nitrogens with zero attached hydrogens (tertiary/aromatic N) is 1. The molecule has 0 amide bonds. The quantitative estimate of drug-likeness (QED) is 0.370. The molecule has 2 aliphatic carbocycles. The van der Waals surface area contributed by atoms with Crippen LogP contribution in [-0.2, 0) is 16.7 Å². The summed E-state index contributed by atoms with van der Waals surface area (Å²) in [6, 6.07) is 10.9. The molecule has 33 heavy (non-hydrogen) atoms. The number of carbonyl (C=O) groups is 1. The van der Waals surface area contributed by atoms with Crippen LogP contribution in [0.3, 0.4) is 0 Å². The molecule has 0 saturated heterocycles. The standard InChI is InChI=1S/C28H30N2O3/c1-4-15-33-27(32)21-10-8-20(9-11-21)7-6-14-29-28-18-19(3)16-22(23(28)5-2)17-25-24(28)12-13-26(31)30-25/h5-14,16,22H,4,15,17-18H2,1-3H3,(H,30,31)/b7-6+,23-5+,29-14+/t22-,28+/m0/s1. The maximum absolute atomic E-state index is 12.0. The van der Waals surface area contributed by atoms with Gasteiger partial charge in [0, 0.05) is 35.9 Å². The lowest BCUT2D eigenvalue weighted by atomic mass is 9.63. The van der Waals surface area contributed by atoms with Gasteiger partial charge in [-0.3, -0.25) is 9.79 Å². The van der Waals surface area contributed by atoms with Crippen molar-refractivity contribution in [3.05, 3.63) is 98.5 Å². The Morgan fingerprint density at radius 2 is 2.03 bits per heavy atom. The summed E-state index contributed by atoms with van der Waals surface area (Å²) < 4.78 is 5.18. The third kappa shape index (κ3) is 4.54. The highest BCUT2D eigenvalue weighted by molar-refractivity contribution is 5.89. The fourth-order valence-corrected chi connectivity index (χ4v) is 4.99. The smallest absolute Gasteiger partial charge is 0.338 e. The maximum Gasteiger partial charge on any atom is 0.338 e. The maximum atomic E-state index is 12.0. The molecular weight excluding hydrogens is 412 g/mol. The van der Waals surface area contributed by atoms with Crippen LogP contribution in [0.5, 0.6) is 0 Å². The molecular formula is C28H30N2O3. The highest BCUT2D eigenvalue weighted by Crippen LogP contribution is 2.51. The van der Waals surface area contributed by atoms with E-state index in [0.717, 1.165) is 36.1 Å². The molecule has 2 aliphatic rings. The largest absolute Gasteiger partial charge is 0.462 e. The summed E-state index contributed by atoms with van der Waals surface area (Å²) in [5, 5.41) is 0. The molecule has 0 saturated carbocycles. The van der Waals surface area contributed by atoms with E-state index in [9.17, 15) is 9.59 Å². The number of benzene rings is 1. The molecule has 170 valence electrons. The number of esters is 1. The minimum Gasteiger partial charge on any atom is -0.462 e. The molecule has 1 aromatic carbocycles. The van der Waals surface area contributed by atoms with E-state index in [1.807, 2.05) is 43.5 Å². The van der Waals surface area contributed by atoms with Crippen molar-refractivity contribution < 1.29 is 9.53 Å². The van der Waals surface area contributed by atoms with Gasteiger partial charge < -0.3 is 9.72 Å². The number of ether oxygens (including phenoxy) is 1. The number of fused-ring (bicyclic) bond motifs is 4. The minimum absolute atomic E-state index is 0.0718. The van der Waals surface area contributed by atoms with E-state index in [4.69, 9.17) is 9.73 Å². The summed E-state index contributed by atoms with van der Waals surface area (Å²) in [5.74, 6) is -0.0494. The summed E-state index contributed by atoms with van der Waals surface area (Å²) in [7, 11) is 0. The Morgan fingerprint density at radius 3 is 2.76 bits per heavy atom. The van der Waals surface area contributed by atoms with E-state index in [1.54, 1.807) is 18.2 Å². The van der Waals surface area contributed by atoms with Gasteiger partial charge in [-0.1, -0.05) is 42.9 Å². The van der Waals surface area contributed by atoms with Crippen LogP contribution >= 0.6 is 0 Å². The predicted molar refractivity (Wildman–Crippen MR) is 133 cm³/mol. The fourth-order valence-electron chi connectivity index (χ4n) is 4.99. The topological polar surface area (TPSA) is 71.5 Å². The van der Waals surface area contributed by atoms with Crippen LogP contribution in [0.25, 0.3) is 6.08 Å². The number of aromatic nitrogens is 1. The molecule has 0 unspecified atom stereocenters. The number of nitrogens with one attached hydrogen (secondary N) is 1. The summed E-state index contributed by atoms with van der Waals surface area (Å²) in [6.07, 6.45) is 12.6. The number of aliphatic imine (C=N–C) groups is 1. The first-order valence-electron chi connectivity index (χ1n) is 11.5. The van der Waals surface area contributed by atoms with Crippen molar-refractivity contribution in [3.8, 4) is 0 Å². The Hall–Kier alpha value is -3.47. The van der Waals surface area contributed by atoms with E-state index in [-0.39, 0.29) is 17.4 Å². The van der Waals surface area contributed by atoms with Crippen molar-refractivity contribution in [1.29, 1.82) is 0 Å². The SMILES string of the molecule is C/C=C1\[C@H]2C=C(C)C[C@]1(/N=C/C=C/c1ccc(C(=O)OCCC)cc1)c1ccc(=O)[nH]c1C2. The van der Waals surface area contributed by atoms with Crippen LogP contribution in [0.1, 0.15) is 60.8 Å². The van der Waals surface area contributed by atoms with Gasteiger partial charge in [0.2, 0.25) is 5.56 Å². The van der Waals surface area contributed by atoms with Crippen LogP contribution in [0, 0.1) is 5.92 Å². The van der Waals surface area contributed by atoms with Gasteiger partial charge in [0.05, 0.1) is 12.2 Å². The molecule has 1 heterocycles. The van der Waals surface area contributed by atoms with E-state index in [1.165, 1.54) is 11.1 Å². The number of hydrogen-bond acceptors (Lipinski definition) is 4. The molecule has 2 aromatic rings. The predicted octanol–water partition coefficient (Wildman–Crippen LogP) is 5.39. The molecule has 5 nitrogen and oxygen atoms in total. The molecule has 1 aromatic heterocycles. The molecule has 1 N–H and O–H groups in total. The molecule has 2 bridgehead atoms. The van der Waals surface area contributed by atoms with Crippen molar-refractivity contribution in [3.63, 3.8) is 0 Å². The number of aromatic amines is 1. The third-order valence-corrected chi connectivity index (χ3v) is 6.33. The fraction of sp³-hybridized carbons (Fsp3) is 0.321. The zero-order valence-electron chi connectivity index (χ0n) is 19.4. The Kier molecular flexibility index (Phi) is 6.59. The van der Waals surface area contributed by atoms with Crippen LogP contribution in [-0.4, -0.2) is 23.8 Å². The number of carbonyl (C=O) groups excluding carboxylic acids is 1. The average Bonchev–Trinajstić information content (AvgIpc) is 2.80. The summed E-state index contributed by atoms with van der Waals surface area (Å²) in [4.78, 5) is 32.0. The first-order chi connectivity index (χ1) is 16.0. The van der Waals surface area contributed by atoms with Crippen molar-refractivity contribution in [1.82, 2.24) is 4.98 Å². The van der Waals surface area contributed by atoms with E-state index in [2.05, 4.69) is 31.0 Å². The molecule has 0 aliphatic heterocycles. The highest BCUT2D eigenvalue weighted by atomic mass is 16.5. The summed E-state index contributed by atoms with van der Waals surface area (Å²) in [5.41, 5.74) is 5.62. The Labute approximate surface area is 194 Å². The molecule has 0 spiro atoms. The molecule has 0 radical (unpaired) electrons. The van der Waals surface area contributed by atoms with Gasteiger partial charge in [-0.15, -0.1) is 0 Å². The Morgan fingerprint density at radius 1 is 1.24 bits per heavy atom. The third-order valence-electron chi connectivity index (χ3n) is 6.33. The van der Waals surface area contributed by atoms with E-state index in [0.29, 0.717) is 12.2 Å². The highest BCUT2D eigenvalue weighted by Gasteiger charge is 2.46. The first-order valence-corrected chi connectivity index (χ1v) is 11.5. The second-order valence-corrected chi connectivity index (χ2v) is 8.71. The monoisotopic (exact) mass is 442 g/mol. The lowest BCUT2D eigenvalue weighted by Crippen LogP contribution is -2.40. The van der Waals surface area contributed by atoms with Crippen molar-refractivity contribution in [2.45, 2.75) is 45.6 Å². The van der Waals surface area contributed by atoms with Crippen molar-refractivity contribution in [2.75, 3.05) is 6.61 Å². The van der Waals surface area contributed by atoms with Gasteiger partial charge in [0.25, 0.3) is 0 Å². The second-order valence-electron chi connectivity index (χ2n) is 8.71. The lowest BCUT2D eigenvalue weighted by molar-refractivity contribution is 0.0505. The minimum atomic E-state index is -0.493. The van der Waals surface area contributed by atoms with Gasteiger partial charge >= 0.3 is 5.97 Å². The van der Waals surface area contributed by atoms with Gasteiger partial charge in [-0.2, -0.15) is 0 Å². The number of hydrogen-bond donors (Lipinski definition) is 1. The van der Waals surface area contributed by atoms with Gasteiger partial charge in [0.15, 0.2) is 0 Å². The second kappa shape index (κ2) is 9.57. The zero-order valence-corrected chi connectivity index (χ0v) is 19.4. The van der Waals surface area contributed by atoms with Crippen LogP contribution in [0.2, 0.25) is 0 Å². The number of allylic oxidation sites excluding steroid dienone is 3. The van der Waals surface area contributed by atoms with Crippen molar-refractivity contribution >= 4 is 18.3 Å². The molecule has 2 atom stereocenters. The first kappa shape index (κ1) is 22.7. The van der Waals surface area contributed by atoms with Gasteiger partial charge in [-0.25, -0.2) is 4.79 Å². The van der Waals surface area contributed by atoms with Crippen molar-refractivity contribution in [2.24, 2.45) is 10.9 Å². The molecule has 0 fully saturated rings. The van der Waals surface area contributed by atoms with Gasteiger partial charge in [0.1, 0.15) is 5.54 Å². The average molecular weight is 443 g/mol. The normalized spacial score (nSPS) is 23.1. The Bertz CT molecular complexity index is 1210. The summed E-state index contributed by atoms with van der Waals surface area (Å²) in [6.45, 7) is 6.63. The van der Waals surface area contributed by atoms with E-state index >= 15 is 0 Å².